The molecule has 0 atom stereocenters. The van der Waals surface area contributed by atoms with Crippen molar-refractivity contribution in [3.05, 3.63) is 53.3 Å². The number of fused-ring (bicyclic) bond motifs is 1. The maximum Gasteiger partial charge on any atom is 0.246 e. The summed E-state index contributed by atoms with van der Waals surface area (Å²) in [6.07, 6.45) is 0. The molecule has 3 nitrogen and oxygen atoms in total. The fraction of sp³-hybridized carbons (Fsp3) is 0.294. The monoisotopic (exact) mass is 287 g/mol. The Bertz CT molecular complexity index is 682. The van der Waals surface area contributed by atoms with Crippen molar-refractivity contribution >= 4 is 5.69 Å². The first-order valence-electron chi connectivity index (χ1n) is 6.94. The zero-order valence-electron chi connectivity index (χ0n) is 12.4. The van der Waals surface area contributed by atoms with Gasteiger partial charge in [-0.3, -0.25) is 0 Å². The maximum absolute atomic E-state index is 13.3. The lowest BCUT2D eigenvalue weighted by atomic mass is 10.1. The van der Waals surface area contributed by atoms with Gasteiger partial charge in [0, 0.05) is 32.1 Å². The van der Waals surface area contributed by atoms with E-state index in [2.05, 4.69) is 5.32 Å². The van der Waals surface area contributed by atoms with E-state index in [1.165, 1.54) is 6.07 Å². The molecular weight excluding hydrogens is 269 g/mol. The van der Waals surface area contributed by atoms with Crippen LogP contribution in [-0.2, 0) is 6.54 Å². The van der Waals surface area contributed by atoms with Gasteiger partial charge in [0.2, 0.25) is 5.79 Å². The maximum atomic E-state index is 13.3. The van der Waals surface area contributed by atoms with Crippen molar-refractivity contribution in [2.24, 2.45) is 0 Å². The van der Waals surface area contributed by atoms with Crippen molar-refractivity contribution < 1.29 is 13.9 Å². The molecule has 1 heterocycles. The normalized spacial score (nSPS) is 15.0. The third-order valence-corrected chi connectivity index (χ3v) is 3.45. The SMILES string of the molecule is Cc1ccc(F)cc1CNc1ccc2c(c1)OC(C)(C)O2. The van der Waals surface area contributed by atoms with Crippen molar-refractivity contribution in [3.8, 4) is 11.5 Å². The predicted octanol–water partition coefficient (Wildman–Crippen LogP) is 4.25. The molecule has 21 heavy (non-hydrogen) atoms. The molecule has 0 saturated heterocycles. The molecule has 0 aromatic heterocycles. The van der Waals surface area contributed by atoms with Crippen molar-refractivity contribution in [2.45, 2.75) is 33.1 Å². The minimum absolute atomic E-state index is 0.218. The predicted molar refractivity (Wildman–Crippen MR) is 80.2 cm³/mol. The number of rotatable bonds is 3. The van der Waals surface area contributed by atoms with E-state index in [0.29, 0.717) is 6.54 Å². The van der Waals surface area contributed by atoms with Gasteiger partial charge < -0.3 is 14.8 Å². The van der Waals surface area contributed by atoms with E-state index in [1.807, 2.05) is 39.0 Å². The Morgan fingerprint density at radius 2 is 1.81 bits per heavy atom. The summed E-state index contributed by atoms with van der Waals surface area (Å²) in [5.74, 6) is 0.624. The lowest BCUT2D eigenvalue weighted by Crippen LogP contribution is -2.29. The van der Waals surface area contributed by atoms with Gasteiger partial charge in [-0.1, -0.05) is 6.07 Å². The van der Waals surface area contributed by atoms with Gasteiger partial charge in [0.1, 0.15) is 5.82 Å². The van der Waals surface area contributed by atoms with Crippen LogP contribution in [0.3, 0.4) is 0 Å². The molecule has 0 spiro atoms. The minimum atomic E-state index is -0.625. The molecule has 0 bridgehead atoms. The number of hydrogen-bond donors (Lipinski definition) is 1. The molecule has 0 radical (unpaired) electrons. The van der Waals surface area contributed by atoms with E-state index >= 15 is 0 Å². The molecule has 0 saturated carbocycles. The van der Waals surface area contributed by atoms with Crippen LogP contribution >= 0.6 is 0 Å². The van der Waals surface area contributed by atoms with Gasteiger partial charge >= 0.3 is 0 Å². The second-order valence-corrected chi connectivity index (χ2v) is 5.69. The fourth-order valence-electron chi connectivity index (χ4n) is 2.36. The summed E-state index contributed by atoms with van der Waals surface area (Å²) in [5.41, 5.74) is 2.91. The zero-order valence-corrected chi connectivity index (χ0v) is 12.4. The van der Waals surface area contributed by atoms with Crippen molar-refractivity contribution in [1.82, 2.24) is 0 Å². The van der Waals surface area contributed by atoms with Crippen LogP contribution in [0.5, 0.6) is 11.5 Å². The van der Waals surface area contributed by atoms with E-state index < -0.39 is 5.79 Å². The highest BCUT2D eigenvalue weighted by atomic mass is 19.1. The average Bonchev–Trinajstić information content (AvgIpc) is 2.72. The second kappa shape index (κ2) is 4.95. The standard InChI is InChI=1S/C17H18FNO2/c1-11-4-5-13(18)8-12(11)10-19-14-6-7-15-16(9-14)21-17(2,3)20-15/h4-9,19H,10H2,1-3H3. The molecule has 1 aliphatic heterocycles. The molecule has 0 aliphatic carbocycles. The van der Waals surface area contributed by atoms with Gasteiger partial charge in [0.25, 0.3) is 0 Å². The van der Waals surface area contributed by atoms with Crippen LogP contribution < -0.4 is 14.8 Å². The van der Waals surface area contributed by atoms with Crippen LogP contribution in [0, 0.1) is 12.7 Å². The van der Waals surface area contributed by atoms with Crippen LogP contribution in [0.2, 0.25) is 0 Å². The molecule has 0 fully saturated rings. The average molecular weight is 287 g/mol. The Balaban J connectivity index is 1.74. The number of ether oxygens (including phenoxy) is 2. The van der Waals surface area contributed by atoms with Gasteiger partial charge in [-0.05, 0) is 42.3 Å². The Labute approximate surface area is 123 Å². The number of hydrogen-bond acceptors (Lipinski definition) is 3. The van der Waals surface area contributed by atoms with Crippen LogP contribution in [0.1, 0.15) is 25.0 Å². The molecule has 2 aromatic rings. The molecule has 0 unspecified atom stereocenters. The molecule has 4 heteroatoms. The Hall–Kier alpha value is -2.23. The summed E-state index contributed by atoms with van der Waals surface area (Å²) < 4.78 is 24.6. The van der Waals surface area contributed by atoms with Crippen LogP contribution in [0.4, 0.5) is 10.1 Å². The first-order chi connectivity index (χ1) is 9.93. The van der Waals surface area contributed by atoms with E-state index in [9.17, 15) is 4.39 Å². The van der Waals surface area contributed by atoms with Crippen LogP contribution in [0.25, 0.3) is 0 Å². The summed E-state index contributed by atoms with van der Waals surface area (Å²) in [6.45, 7) is 6.28. The van der Waals surface area contributed by atoms with Gasteiger partial charge in [-0.2, -0.15) is 0 Å². The number of anilines is 1. The molecule has 1 N–H and O–H groups in total. The first-order valence-corrected chi connectivity index (χ1v) is 6.94. The van der Waals surface area contributed by atoms with Crippen molar-refractivity contribution in [1.29, 1.82) is 0 Å². The Kier molecular flexibility index (Phi) is 3.24. The lowest BCUT2D eigenvalue weighted by Gasteiger charge is -2.16. The highest BCUT2D eigenvalue weighted by Crippen LogP contribution is 2.40. The van der Waals surface area contributed by atoms with Crippen LogP contribution in [-0.4, -0.2) is 5.79 Å². The lowest BCUT2D eigenvalue weighted by molar-refractivity contribution is -0.0431. The number of nitrogens with one attached hydrogen (secondary N) is 1. The molecule has 0 amide bonds. The molecular formula is C17H18FNO2. The molecule has 1 aliphatic rings. The smallest absolute Gasteiger partial charge is 0.246 e. The Morgan fingerprint density at radius 1 is 1.05 bits per heavy atom. The quantitative estimate of drug-likeness (QED) is 0.915. The third-order valence-electron chi connectivity index (χ3n) is 3.45. The third kappa shape index (κ3) is 2.94. The fourth-order valence-corrected chi connectivity index (χ4v) is 2.36. The number of halogens is 1. The summed E-state index contributed by atoms with van der Waals surface area (Å²) >= 11 is 0. The molecule has 110 valence electrons. The molecule has 3 rings (SSSR count). The Morgan fingerprint density at radius 3 is 2.62 bits per heavy atom. The van der Waals surface area contributed by atoms with E-state index in [4.69, 9.17) is 9.47 Å². The first kappa shape index (κ1) is 13.7. The second-order valence-electron chi connectivity index (χ2n) is 5.69. The zero-order chi connectivity index (χ0) is 15.0. The number of aryl methyl sites for hydroxylation is 1. The number of benzene rings is 2. The van der Waals surface area contributed by atoms with E-state index in [1.54, 1.807) is 12.1 Å². The molecule has 2 aromatic carbocycles. The van der Waals surface area contributed by atoms with Gasteiger partial charge in [0.15, 0.2) is 11.5 Å². The van der Waals surface area contributed by atoms with Crippen molar-refractivity contribution in [3.63, 3.8) is 0 Å². The minimum Gasteiger partial charge on any atom is -0.449 e. The topological polar surface area (TPSA) is 30.5 Å². The van der Waals surface area contributed by atoms with Gasteiger partial charge in [0.05, 0.1) is 0 Å². The van der Waals surface area contributed by atoms with Gasteiger partial charge in [-0.25, -0.2) is 4.39 Å². The van der Waals surface area contributed by atoms with E-state index in [0.717, 1.165) is 28.3 Å². The van der Waals surface area contributed by atoms with Crippen LogP contribution in [0.15, 0.2) is 36.4 Å². The summed E-state index contributed by atoms with van der Waals surface area (Å²) in [4.78, 5) is 0. The van der Waals surface area contributed by atoms with Gasteiger partial charge in [-0.15, -0.1) is 0 Å². The summed E-state index contributed by atoms with van der Waals surface area (Å²) in [7, 11) is 0. The highest BCUT2D eigenvalue weighted by molar-refractivity contribution is 5.56. The summed E-state index contributed by atoms with van der Waals surface area (Å²) in [6, 6.07) is 10.5. The summed E-state index contributed by atoms with van der Waals surface area (Å²) in [5, 5.41) is 3.28. The van der Waals surface area contributed by atoms with Crippen molar-refractivity contribution in [2.75, 3.05) is 5.32 Å². The van der Waals surface area contributed by atoms with E-state index in [-0.39, 0.29) is 5.82 Å². The largest absolute Gasteiger partial charge is 0.449 e. The highest BCUT2D eigenvalue weighted by Gasteiger charge is 2.31.